The highest BCUT2D eigenvalue weighted by Gasteiger charge is 2.55. The first-order valence-electron chi connectivity index (χ1n) is 10.1. The van der Waals surface area contributed by atoms with Crippen molar-refractivity contribution in [2.75, 3.05) is 4.90 Å². The number of benzene rings is 3. The zero-order chi connectivity index (χ0) is 20.7. The van der Waals surface area contributed by atoms with Crippen molar-refractivity contribution in [2.24, 2.45) is 11.8 Å². The molecule has 3 aromatic rings. The molecule has 4 unspecified atom stereocenters. The first-order valence-corrected chi connectivity index (χ1v) is 10.1. The van der Waals surface area contributed by atoms with Gasteiger partial charge in [-0.1, -0.05) is 78.9 Å². The van der Waals surface area contributed by atoms with Gasteiger partial charge in [0.1, 0.15) is 5.75 Å². The van der Waals surface area contributed by atoms with Gasteiger partial charge in [0.05, 0.1) is 17.5 Å². The van der Waals surface area contributed by atoms with Gasteiger partial charge >= 0.3 is 0 Å². The van der Waals surface area contributed by atoms with Gasteiger partial charge in [0, 0.05) is 17.9 Å². The summed E-state index contributed by atoms with van der Waals surface area (Å²) in [5, 5.41) is 9.90. The van der Waals surface area contributed by atoms with E-state index < -0.39 is 11.8 Å². The minimum Gasteiger partial charge on any atom is -0.508 e. The van der Waals surface area contributed by atoms with Crippen LogP contribution in [0.25, 0.3) is 0 Å². The molecule has 4 nitrogen and oxygen atoms in total. The number of allylic oxidation sites excluding steroid dienone is 2. The molecular weight excluding hydrogens is 374 g/mol. The summed E-state index contributed by atoms with van der Waals surface area (Å²) in [6, 6.07) is 26.1. The highest BCUT2D eigenvalue weighted by atomic mass is 16.3. The number of aromatic hydroxyl groups is 1. The Morgan fingerprint density at radius 1 is 0.633 bits per heavy atom. The molecule has 0 aromatic heterocycles. The van der Waals surface area contributed by atoms with Crippen LogP contribution in [0.1, 0.15) is 23.0 Å². The van der Waals surface area contributed by atoms with Gasteiger partial charge in [0.15, 0.2) is 0 Å². The highest BCUT2D eigenvalue weighted by Crippen LogP contribution is 2.50. The van der Waals surface area contributed by atoms with Crippen LogP contribution in [-0.4, -0.2) is 16.9 Å². The fraction of sp³-hybridized carbons (Fsp3) is 0.154. The Kier molecular flexibility index (Phi) is 4.47. The van der Waals surface area contributed by atoms with Gasteiger partial charge in [-0.25, -0.2) is 4.90 Å². The monoisotopic (exact) mass is 395 g/mol. The Labute approximate surface area is 175 Å². The fourth-order valence-electron chi connectivity index (χ4n) is 4.82. The van der Waals surface area contributed by atoms with Crippen molar-refractivity contribution in [1.29, 1.82) is 0 Å². The van der Waals surface area contributed by atoms with Crippen LogP contribution in [0.2, 0.25) is 0 Å². The van der Waals surface area contributed by atoms with E-state index in [9.17, 15) is 14.7 Å². The van der Waals surface area contributed by atoms with E-state index in [1.54, 1.807) is 12.1 Å². The Bertz CT molecular complexity index is 1060. The molecule has 0 bridgehead atoms. The molecule has 1 fully saturated rings. The van der Waals surface area contributed by atoms with E-state index in [1.807, 2.05) is 60.7 Å². The van der Waals surface area contributed by atoms with E-state index in [0.29, 0.717) is 5.69 Å². The summed E-state index contributed by atoms with van der Waals surface area (Å²) in [4.78, 5) is 28.5. The molecular formula is C26H21NO3. The van der Waals surface area contributed by atoms with Gasteiger partial charge in [0.2, 0.25) is 11.8 Å². The molecule has 3 aromatic carbocycles. The molecule has 1 N–H and O–H groups in total. The van der Waals surface area contributed by atoms with Crippen LogP contribution in [0.4, 0.5) is 5.69 Å². The van der Waals surface area contributed by atoms with Crippen molar-refractivity contribution in [3.05, 3.63) is 108 Å². The number of fused-ring (bicyclic) bond motifs is 1. The number of carbonyl (C=O) groups is 2. The zero-order valence-corrected chi connectivity index (χ0v) is 16.3. The minimum atomic E-state index is -0.488. The standard InChI is InChI=1S/C26H21NO3/c28-20-13-7-12-19(16-20)27-25(29)23-21(17-8-3-1-4-9-17)14-15-22(24(23)26(27)30)18-10-5-2-6-11-18/h1-16,21-24,28H. The first kappa shape index (κ1) is 18.4. The molecule has 1 aliphatic carbocycles. The Morgan fingerprint density at radius 3 is 1.60 bits per heavy atom. The molecule has 0 spiro atoms. The number of anilines is 1. The molecule has 1 saturated heterocycles. The van der Waals surface area contributed by atoms with Gasteiger partial charge in [0.25, 0.3) is 0 Å². The summed E-state index contributed by atoms with van der Waals surface area (Å²) in [6.45, 7) is 0. The number of nitrogens with zero attached hydrogens (tertiary/aromatic N) is 1. The van der Waals surface area contributed by atoms with Gasteiger partial charge in [-0.15, -0.1) is 0 Å². The van der Waals surface area contributed by atoms with Crippen LogP contribution in [0.15, 0.2) is 97.1 Å². The Morgan fingerprint density at radius 2 is 1.13 bits per heavy atom. The number of hydrogen-bond acceptors (Lipinski definition) is 3. The molecule has 4 heteroatoms. The maximum absolute atomic E-state index is 13.6. The molecule has 148 valence electrons. The number of phenols is 1. The van der Waals surface area contributed by atoms with Gasteiger partial charge in [-0.05, 0) is 23.3 Å². The smallest absolute Gasteiger partial charge is 0.238 e. The molecule has 0 radical (unpaired) electrons. The lowest BCUT2D eigenvalue weighted by Crippen LogP contribution is -2.31. The van der Waals surface area contributed by atoms with Crippen LogP contribution in [0.5, 0.6) is 5.75 Å². The van der Waals surface area contributed by atoms with Crippen LogP contribution in [0, 0.1) is 11.8 Å². The van der Waals surface area contributed by atoms with Crippen molar-refractivity contribution < 1.29 is 14.7 Å². The summed E-state index contributed by atoms with van der Waals surface area (Å²) < 4.78 is 0. The van der Waals surface area contributed by atoms with E-state index in [0.717, 1.165) is 11.1 Å². The highest BCUT2D eigenvalue weighted by molar-refractivity contribution is 6.23. The van der Waals surface area contributed by atoms with Crippen LogP contribution < -0.4 is 4.90 Å². The lowest BCUT2D eigenvalue weighted by molar-refractivity contribution is -0.122. The third-order valence-corrected chi connectivity index (χ3v) is 6.15. The number of amides is 2. The minimum absolute atomic E-state index is 0.0281. The topological polar surface area (TPSA) is 57.6 Å². The lowest BCUT2D eigenvalue weighted by Gasteiger charge is -2.32. The van der Waals surface area contributed by atoms with Crippen molar-refractivity contribution >= 4 is 17.5 Å². The average Bonchev–Trinajstić information content (AvgIpc) is 3.05. The molecule has 1 heterocycles. The van der Waals surface area contributed by atoms with Crippen LogP contribution in [-0.2, 0) is 9.59 Å². The molecule has 2 aliphatic rings. The maximum Gasteiger partial charge on any atom is 0.238 e. The summed E-state index contributed by atoms with van der Waals surface area (Å²) in [6.07, 6.45) is 4.15. The first-order chi connectivity index (χ1) is 14.6. The summed E-state index contributed by atoms with van der Waals surface area (Å²) in [5.41, 5.74) is 2.46. The summed E-state index contributed by atoms with van der Waals surface area (Å²) in [7, 11) is 0. The fourth-order valence-corrected chi connectivity index (χ4v) is 4.82. The average molecular weight is 395 g/mol. The predicted octanol–water partition coefficient (Wildman–Crippen LogP) is 4.64. The number of hydrogen-bond donors (Lipinski definition) is 1. The van der Waals surface area contributed by atoms with Gasteiger partial charge in [-0.2, -0.15) is 0 Å². The zero-order valence-electron chi connectivity index (χ0n) is 16.3. The molecule has 1 aliphatic heterocycles. The molecule has 30 heavy (non-hydrogen) atoms. The SMILES string of the molecule is O=C1C2C(c3ccccc3)C=CC(c3ccccc3)C2C(=O)N1c1cccc(O)c1. The second-order valence-electron chi connectivity index (χ2n) is 7.84. The van der Waals surface area contributed by atoms with E-state index in [-0.39, 0.29) is 29.4 Å². The number of carbonyl (C=O) groups excluding carboxylic acids is 2. The predicted molar refractivity (Wildman–Crippen MR) is 115 cm³/mol. The molecule has 0 saturated carbocycles. The van der Waals surface area contributed by atoms with Crippen molar-refractivity contribution in [2.45, 2.75) is 11.8 Å². The largest absolute Gasteiger partial charge is 0.508 e. The summed E-state index contributed by atoms with van der Waals surface area (Å²) >= 11 is 0. The van der Waals surface area contributed by atoms with Crippen molar-refractivity contribution in [3.63, 3.8) is 0 Å². The molecule has 5 rings (SSSR count). The van der Waals surface area contributed by atoms with E-state index in [1.165, 1.54) is 17.0 Å². The van der Waals surface area contributed by atoms with Gasteiger partial charge < -0.3 is 5.11 Å². The maximum atomic E-state index is 13.6. The second-order valence-corrected chi connectivity index (χ2v) is 7.84. The summed E-state index contributed by atoms with van der Waals surface area (Å²) in [5.74, 6) is -1.72. The van der Waals surface area contributed by atoms with Crippen LogP contribution in [0.3, 0.4) is 0 Å². The van der Waals surface area contributed by atoms with Crippen molar-refractivity contribution in [1.82, 2.24) is 0 Å². The third kappa shape index (κ3) is 2.92. The second kappa shape index (κ2) is 7.30. The molecule has 4 atom stereocenters. The quantitative estimate of drug-likeness (QED) is 0.519. The molecule has 2 amide bonds. The van der Waals surface area contributed by atoms with Crippen LogP contribution >= 0.6 is 0 Å². The Balaban J connectivity index is 1.64. The number of rotatable bonds is 3. The normalized spacial score (nSPS) is 25.4. The Hall–Kier alpha value is -3.66. The van der Waals surface area contributed by atoms with E-state index >= 15 is 0 Å². The number of phenolic OH excluding ortho intramolecular Hbond substituents is 1. The van der Waals surface area contributed by atoms with E-state index in [4.69, 9.17) is 0 Å². The van der Waals surface area contributed by atoms with E-state index in [2.05, 4.69) is 12.2 Å². The van der Waals surface area contributed by atoms with Crippen molar-refractivity contribution in [3.8, 4) is 5.75 Å². The number of imide groups is 1. The lowest BCUT2D eigenvalue weighted by atomic mass is 9.68. The van der Waals surface area contributed by atoms with Gasteiger partial charge in [-0.3, -0.25) is 9.59 Å². The third-order valence-electron chi connectivity index (χ3n) is 6.15.